The number of aliphatic hydroxyl groups is 1. The highest BCUT2D eigenvalue weighted by Crippen LogP contribution is 2.34. The Bertz CT molecular complexity index is 577. The molecule has 1 aromatic carbocycles. The Balaban J connectivity index is 1.67. The second-order valence-corrected chi connectivity index (χ2v) is 7.49. The second-order valence-electron chi connectivity index (χ2n) is 7.49. The molecule has 126 valence electrons. The summed E-state index contributed by atoms with van der Waals surface area (Å²) in [5.74, 6) is 0.726. The van der Waals surface area contributed by atoms with E-state index in [1.54, 1.807) is 6.92 Å². The van der Waals surface area contributed by atoms with E-state index in [4.69, 9.17) is 0 Å². The van der Waals surface area contributed by atoms with E-state index in [0.717, 1.165) is 63.3 Å². The number of hydrogen-bond donors (Lipinski definition) is 2. The van der Waals surface area contributed by atoms with Gasteiger partial charge in [-0.1, -0.05) is 19.1 Å². The highest BCUT2D eigenvalue weighted by molar-refractivity contribution is 5.89. The maximum Gasteiger partial charge on any atom is 0.221 e. The van der Waals surface area contributed by atoms with Crippen molar-refractivity contribution in [2.24, 2.45) is 5.92 Å². The number of carbonyl (C=O) groups is 1. The Hall–Kier alpha value is -1.39. The number of hydrogen-bond acceptors (Lipinski definition) is 3. The van der Waals surface area contributed by atoms with Gasteiger partial charge in [0.25, 0.3) is 0 Å². The molecule has 4 heteroatoms. The Morgan fingerprint density at radius 2 is 2.13 bits per heavy atom. The van der Waals surface area contributed by atoms with Crippen LogP contribution in [0.15, 0.2) is 18.2 Å². The van der Waals surface area contributed by atoms with Crippen molar-refractivity contribution in [1.29, 1.82) is 0 Å². The number of amides is 1. The molecular weight excluding hydrogens is 288 g/mol. The van der Waals surface area contributed by atoms with E-state index in [2.05, 4.69) is 23.2 Å². The van der Waals surface area contributed by atoms with Gasteiger partial charge in [0.15, 0.2) is 0 Å². The van der Waals surface area contributed by atoms with Crippen molar-refractivity contribution in [3.05, 3.63) is 29.3 Å². The topological polar surface area (TPSA) is 52.6 Å². The summed E-state index contributed by atoms with van der Waals surface area (Å²) < 4.78 is 0. The minimum atomic E-state index is -0.515. The summed E-state index contributed by atoms with van der Waals surface area (Å²) in [7, 11) is 0. The van der Waals surface area contributed by atoms with E-state index in [0.29, 0.717) is 0 Å². The van der Waals surface area contributed by atoms with Crippen molar-refractivity contribution in [2.75, 3.05) is 18.4 Å². The summed E-state index contributed by atoms with van der Waals surface area (Å²) in [5.41, 5.74) is 2.96. The van der Waals surface area contributed by atoms with Gasteiger partial charge in [0.1, 0.15) is 0 Å². The molecule has 1 aromatic rings. The van der Waals surface area contributed by atoms with Gasteiger partial charge in [-0.3, -0.25) is 9.69 Å². The zero-order valence-corrected chi connectivity index (χ0v) is 14.3. The predicted octanol–water partition coefficient (Wildman–Crippen LogP) is 2.94. The molecule has 1 fully saturated rings. The van der Waals surface area contributed by atoms with E-state index in [1.165, 1.54) is 11.1 Å². The van der Waals surface area contributed by atoms with Gasteiger partial charge < -0.3 is 10.4 Å². The van der Waals surface area contributed by atoms with E-state index in [9.17, 15) is 9.90 Å². The Kier molecular flexibility index (Phi) is 4.74. The molecule has 0 spiro atoms. The van der Waals surface area contributed by atoms with Crippen molar-refractivity contribution in [2.45, 2.75) is 58.1 Å². The fourth-order valence-electron chi connectivity index (χ4n) is 3.98. The smallest absolute Gasteiger partial charge is 0.221 e. The Morgan fingerprint density at radius 3 is 2.83 bits per heavy atom. The lowest BCUT2D eigenvalue weighted by Crippen LogP contribution is -2.46. The Labute approximate surface area is 138 Å². The molecule has 1 saturated carbocycles. The van der Waals surface area contributed by atoms with Gasteiger partial charge in [-0.25, -0.2) is 0 Å². The van der Waals surface area contributed by atoms with Crippen molar-refractivity contribution < 1.29 is 9.90 Å². The fourth-order valence-corrected chi connectivity index (χ4v) is 3.98. The van der Waals surface area contributed by atoms with Crippen LogP contribution in [0.5, 0.6) is 0 Å². The first-order chi connectivity index (χ1) is 11.0. The quantitative estimate of drug-likeness (QED) is 0.901. The predicted molar refractivity (Wildman–Crippen MR) is 92.3 cm³/mol. The molecule has 1 aliphatic heterocycles. The van der Waals surface area contributed by atoms with Crippen LogP contribution in [-0.2, 0) is 17.8 Å². The average Bonchev–Trinajstić information content (AvgIpc) is 2.50. The number of nitrogens with zero attached hydrogens (tertiary/aromatic N) is 1. The third-order valence-electron chi connectivity index (χ3n) is 5.38. The number of rotatable bonds is 3. The number of β-amino-alcohol motifs (C(OH)–C–C–N with tert-alkyl or cyclic N) is 1. The summed E-state index contributed by atoms with van der Waals surface area (Å²) >= 11 is 0. The minimum Gasteiger partial charge on any atom is -0.389 e. The van der Waals surface area contributed by atoms with Gasteiger partial charge in [0.2, 0.25) is 5.91 Å². The third kappa shape index (κ3) is 3.93. The van der Waals surface area contributed by atoms with Gasteiger partial charge >= 0.3 is 0 Å². The SMILES string of the molecule is CC(=O)Nc1cccc2c1CCN(CC1(O)CCC(C)CC1)C2. The van der Waals surface area contributed by atoms with Crippen molar-refractivity contribution >= 4 is 11.6 Å². The molecule has 4 nitrogen and oxygen atoms in total. The molecule has 3 rings (SSSR count). The first-order valence-electron chi connectivity index (χ1n) is 8.78. The molecule has 0 saturated heterocycles. The summed E-state index contributed by atoms with van der Waals surface area (Å²) in [5, 5.41) is 13.8. The molecule has 1 aliphatic carbocycles. The van der Waals surface area contributed by atoms with Crippen LogP contribution in [0.1, 0.15) is 50.7 Å². The van der Waals surface area contributed by atoms with Crippen LogP contribution in [0, 0.1) is 5.92 Å². The lowest BCUT2D eigenvalue weighted by molar-refractivity contribution is -0.114. The number of carbonyl (C=O) groups excluding carboxylic acids is 1. The summed E-state index contributed by atoms with van der Waals surface area (Å²) in [6.45, 7) is 6.40. The average molecular weight is 316 g/mol. The maximum atomic E-state index is 11.3. The van der Waals surface area contributed by atoms with Gasteiger partial charge in [-0.2, -0.15) is 0 Å². The van der Waals surface area contributed by atoms with Crippen LogP contribution in [0.3, 0.4) is 0 Å². The van der Waals surface area contributed by atoms with E-state index in [1.807, 2.05) is 12.1 Å². The number of anilines is 1. The molecule has 1 heterocycles. The van der Waals surface area contributed by atoms with E-state index >= 15 is 0 Å². The molecule has 2 aliphatic rings. The zero-order chi connectivity index (χ0) is 16.4. The van der Waals surface area contributed by atoms with Crippen molar-refractivity contribution in [1.82, 2.24) is 4.90 Å². The number of fused-ring (bicyclic) bond motifs is 1. The minimum absolute atomic E-state index is 0.0218. The first kappa shape index (κ1) is 16.5. The normalized spacial score (nSPS) is 28.2. The molecule has 0 aromatic heterocycles. The molecule has 1 amide bonds. The fraction of sp³-hybridized carbons (Fsp3) is 0.632. The number of nitrogens with one attached hydrogen (secondary N) is 1. The largest absolute Gasteiger partial charge is 0.389 e. The maximum absolute atomic E-state index is 11.3. The highest BCUT2D eigenvalue weighted by atomic mass is 16.3. The lowest BCUT2D eigenvalue weighted by atomic mass is 9.79. The van der Waals surface area contributed by atoms with Gasteiger partial charge in [0, 0.05) is 32.2 Å². The van der Waals surface area contributed by atoms with Crippen LogP contribution in [0.4, 0.5) is 5.69 Å². The zero-order valence-electron chi connectivity index (χ0n) is 14.3. The van der Waals surface area contributed by atoms with Gasteiger partial charge in [-0.15, -0.1) is 0 Å². The first-order valence-corrected chi connectivity index (χ1v) is 8.78. The molecule has 0 radical (unpaired) electrons. The van der Waals surface area contributed by atoms with Crippen LogP contribution < -0.4 is 5.32 Å². The van der Waals surface area contributed by atoms with E-state index < -0.39 is 5.60 Å². The lowest BCUT2D eigenvalue weighted by Gasteiger charge is -2.40. The van der Waals surface area contributed by atoms with Gasteiger partial charge in [0.05, 0.1) is 5.60 Å². The summed E-state index contributed by atoms with van der Waals surface area (Å²) in [6, 6.07) is 6.12. The monoisotopic (exact) mass is 316 g/mol. The van der Waals surface area contributed by atoms with Crippen LogP contribution >= 0.6 is 0 Å². The number of benzene rings is 1. The molecule has 0 unspecified atom stereocenters. The molecule has 23 heavy (non-hydrogen) atoms. The summed E-state index contributed by atoms with van der Waals surface area (Å²) in [4.78, 5) is 13.7. The van der Waals surface area contributed by atoms with Crippen molar-refractivity contribution in [3.63, 3.8) is 0 Å². The van der Waals surface area contributed by atoms with E-state index in [-0.39, 0.29) is 5.91 Å². The van der Waals surface area contributed by atoms with Crippen LogP contribution in [0.2, 0.25) is 0 Å². The Morgan fingerprint density at radius 1 is 1.39 bits per heavy atom. The second kappa shape index (κ2) is 6.62. The molecule has 0 bridgehead atoms. The van der Waals surface area contributed by atoms with Crippen LogP contribution in [-0.4, -0.2) is 34.6 Å². The summed E-state index contributed by atoms with van der Waals surface area (Å²) in [6.07, 6.45) is 5.03. The van der Waals surface area contributed by atoms with Crippen LogP contribution in [0.25, 0.3) is 0 Å². The highest BCUT2D eigenvalue weighted by Gasteiger charge is 2.34. The molecular formula is C19H28N2O2. The third-order valence-corrected chi connectivity index (χ3v) is 5.38. The molecule has 2 N–H and O–H groups in total. The molecule has 0 atom stereocenters. The standard InChI is InChI=1S/C19H28N2O2/c1-14-6-9-19(23,10-7-14)13-21-11-8-17-16(12-21)4-3-5-18(17)20-15(2)22/h3-5,14,23H,6-13H2,1-2H3,(H,20,22). The van der Waals surface area contributed by atoms with Gasteiger partial charge in [-0.05, 0) is 55.2 Å². The van der Waals surface area contributed by atoms with Crippen molar-refractivity contribution in [3.8, 4) is 0 Å².